The summed E-state index contributed by atoms with van der Waals surface area (Å²) in [6, 6.07) is 2.06. The molecular formula is C13H19NO3S. The molecular weight excluding hydrogens is 250 g/mol. The van der Waals surface area contributed by atoms with Crippen LogP contribution in [0, 0.1) is 0 Å². The minimum atomic E-state index is -0.471. The minimum absolute atomic E-state index is 0.00514. The second-order valence-electron chi connectivity index (χ2n) is 5.46. The smallest absolute Gasteiger partial charge is 0.407 e. The zero-order valence-electron chi connectivity index (χ0n) is 10.9. The molecule has 2 rings (SSSR count). The van der Waals surface area contributed by atoms with Crippen molar-refractivity contribution in [1.82, 2.24) is 5.32 Å². The molecule has 0 saturated carbocycles. The van der Waals surface area contributed by atoms with Crippen molar-refractivity contribution in [2.45, 2.75) is 44.9 Å². The Morgan fingerprint density at radius 2 is 2.39 bits per heavy atom. The van der Waals surface area contributed by atoms with Gasteiger partial charge in [0.25, 0.3) is 0 Å². The van der Waals surface area contributed by atoms with E-state index in [1.807, 2.05) is 26.2 Å². The van der Waals surface area contributed by atoms with Crippen LogP contribution in [-0.4, -0.2) is 30.4 Å². The molecule has 1 aromatic rings. The van der Waals surface area contributed by atoms with Gasteiger partial charge in [0.05, 0.1) is 12.6 Å². The van der Waals surface area contributed by atoms with Crippen LogP contribution in [0.3, 0.4) is 0 Å². The lowest BCUT2D eigenvalue weighted by molar-refractivity contribution is 0.0495. The highest BCUT2D eigenvalue weighted by molar-refractivity contribution is 7.07. The topological polar surface area (TPSA) is 50.9 Å². The van der Waals surface area contributed by atoms with Crippen LogP contribution in [0.4, 0.5) is 4.79 Å². The number of amides is 1. The van der Waals surface area contributed by atoms with Crippen molar-refractivity contribution >= 4 is 17.4 Å². The largest absolute Gasteiger partial charge is 0.444 e. The van der Waals surface area contributed by atoms with Crippen molar-refractivity contribution in [2.24, 2.45) is 0 Å². The summed E-state index contributed by atoms with van der Waals surface area (Å²) in [5.41, 5.74) is 0.748. The van der Waals surface area contributed by atoms with E-state index in [2.05, 4.69) is 16.8 Å². The first kappa shape index (κ1) is 13.4. The van der Waals surface area contributed by atoms with Gasteiger partial charge in [0.15, 0.2) is 0 Å². The van der Waals surface area contributed by atoms with E-state index in [0.717, 1.165) is 6.42 Å². The molecule has 2 atom stereocenters. The number of alkyl carbamates (subject to hydrolysis) is 1. The normalized spacial score (nSPS) is 20.3. The second-order valence-corrected chi connectivity index (χ2v) is 6.24. The average molecular weight is 269 g/mol. The number of nitrogens with one attached hydrogen (secondary N) is 1. The van der Waals surface area contributed by atoms with Crippen LogP contribution in [-0.2, 0) is 15.9 Å². The summed E-state index contributed by atoms with van der Waals surface area (Å²) in [5.74, 6) is 0. The van der Waals surface area contributed by atoms with Crippen molar-refractivity contribution in [3.8, 4) is 0 Å². The molecule has 100 valence electrons. The van der Waals surface area contributed by atoms with Crippen molar-refractivity contribution < 1.29 is 14.3 Å². The first-order valence-electron chi connectivity index (χ1n) is 6.06. The van der Waals surface area contributed by atoms with E-state index in [4.69, 9.17) is 9.47 Å². The van der Waals surface area contributed by atoms with Crippen molar-refractivity contribution in [2.75, 3.05) is 6.61 Å². The zero-order chi connectivity index (χ0) is 13.2. The minimum Gasteiger partial charge on any atom is -0.444 e. The SMILES string of the molecule is CC(C)(C)OC(=O)N[C@@H](Cc1ccsc1)[C@H]1CO1. The first-order valence-corrected chi connectivity index (χ1v) is 7.00. The van der Waals surface area contributed by atoms with E-state index in [0.29, 0.717) is 6.61 Å². The summed E-state index contributed by atoms with van der Waals surface area (Å²) in [6.45, 7) is 6.28. The zero-order valence-corrected chi connectivity index (χ0v) is 11.8. The van der Waals surface area contributed by atoms with Crippen LogP contribution < -0.4 is 5.32 Å². The maximum absolute atomic E-state index is 11.7. The van der Waals surface area contributed by atoms with Gasteiger partial charge in [-0.15, -0.1) is 0 Å². The Morgan fingerprint density at radius 1 is 1.67 bits per heavy atom. The monoisotopic (exact) mass is 269 g/mol. The summed E-state index contributed by atoms with van der Waals surface area (Å²) in [7, 11) is 0. The Morgan fingerprint density at radius 3 is 2.89 bits per heavy atom. The van der Waals surface area contributed by atoms with Gasteiger partial charge in [-0.3, -0.25) is 0 Å². The van der Waals surface area contributed by atoms with Gasteiger partial charge in [-0.2, -0.15) is 11.3 Å². The highest BCUT2D eigenvalue weighted by atomic mass is 32.1. The Labute approximate surface area is 111 Å². The van der Waals surface area contributed by atoms with Crippen molar-refractivity contribution in [3.05, 3.63) is 22.4 Å². The third-order valence-electron chi connectivity index (χ3n) is 2.55. The number of epoxide rings is 1. The quantitative estimate of drug-likeness (QED) is 0.855. The van der Waals surface area contributed by atoms with Gasteiger partial charge in [0, 0.05) is 0 Å². The van der Waals surface area contributed by atoms with E-state index >= 15 is 0 Å². The molecule has 1 amide bonds. The molecule has 0 aliphatic carbocycles. The fraction of sp³-hybridized carbons (Fsp3) is 0.615. The molecule has 1 saturated heterocycles. The number of rotatable bonds is 4. The first-order chi connectivity index (χ1) is 8.44. The number of hydrogen-bond donors (Lipinski definition) is 1. The lowest BCUT2D eigenvalue weighted by Gasteiger charge is -2.22. The third kappa shape index (κ3) is 4.31. The van der Waals surface area contributed by atoms with E-state index in [1.165, 1.54) is 5.56 Å². The predicted molar refractivity (Wildman–Crippen MR) is 70.9 cm³/mol. The standard InChI is InChI=1S/C13H19NO3S/c1-13(2,3)17-12(15)14-10(11-7-16-11)6-9-4-5-18-8-9/h4-5,8,10-11H,6-7H2,1-3H3,(H,14,15)/t10-,11+/m0/s1. The molecule has 1 aliphatic heterocycles. The van der Waals surface area contributed by atoms with Crippen molar-refractivity contribution in [1.29, 1.82) is 0 Å². The molecule has 4 nitrogen and oxygen atoms in total. The Bertz CT molecular complexity index is 393. The number of ether oxygens (including phenoxy) is 2. The third-order valence-corrected chi connectivity index (χ3v) is 3.28. The summed E-state index contributed by atoms with van der Waals surface area (Å²) in [5, 5.41) is 7.02. The van der Waals surface area contributed by atoms with Gasteiger partial charge in [-0.25, -0.2) is 4.79 Å². The molecule has 1 fully saturated rings. The molecule has 5 heteroatoms. The van der Waals surface area contributed by atoms with E-state index in [-0.39, 0.29) is 18.2 Å². The Hall–Kier alpha value is -1.07. The van der Waals surface area contributed by atoms with Gasteiger partial charge in [0.2, 0.25) is 0 Å². The Kier molecular flexibility index (Phi) is 3.92. The molecule has 0 spiro atoms. The van der Waals surface area contributed by atoms with E-state index in [1.54, 1.807) is 11.3 Å². The maximum atomic E-state index is 11.7. The van der Waals surface area contributed by atoms with Gasteiger partial charge in [0.1, 0.15) is 11.7 Å². The van der Waals surface area contributed by atoms with E-state index < -0.39 is 5.60 Å². The maximum Gasteiger partial charge on any atom is 0.407 e. The highest BCUT2D eigenvalue weighted by Crippen LogP contribution is 2.20. The summed E-state index contributed by atoms with van der Waals surface area (Å²) < 4.78 is 10.5. The molecule has 1 N–H and O–H groups in total. The summed E-state index contributed by atoms with van der Waals surface area (Å²) >= 11 is 1.66. The lowest BCUT2D eigenvalue weighted by Crippen LogP contribution is -2.43. The molecule has 2 heterocycles. The van der Waals surface area contributed by atoms with Gasteiger partial charge >= 0.3 is 6.09 Å². The van der Waals surface area contributed by atoms with Crippen LogP contribution in [0.15, 0.2) is 16.8 Å². The van der Waals surface area contributed by atoms with Crippen LogP contribution in [0.5, 0.6) is 0 Å². The van der Waals surface area contributed by atoms with Crippen LogP contribution in [0.2, 0.25) is 0 Å². The molecule has 0 bridgehead atoms. The number of carbonyl (C=O) groups is 1. The molecule has 0 aromatic carbocycles. The predicted octanol–water partition coefficient (Wildman–Crippen LogP) is 2.58. The summed E-state index contributed by atoms with van der Waals surface area (Å²) in [6.07, 6.45) is 0.531. The fourth-order valence-electron chi connectivity index (χ4n) is 1.68. The molecule has 18 heavy (non-hydrogen) atoms. The number of carbonyl (C=O) groups excluding carboxylic acids is 1. The summed E-state index contributed by atoms with van der Waals surface area (Å²) in [4.78, 5) is 11.7. The van der Waals surface area contributed by atoms with Crippen LogP contribution in [0.25, 0.3) is 0 Å². The average Bonchev–Trinajstić information content (AvgIpc) is 2.95. The van der Waals surface area contributed by atoms with Crippen LogP contribution in [0.1, 0.15) is 26.3 Å². The van der Waals surface area contributed by atoms with Gasteiger partial charge in [-0.05, 0) is 49.6 Å². The molecule has 0 radical (unpaired) electrons. The van der Waals surface area contributed by atoms with Gasteiger partial charge in [-0.1, -0.05) is 0 Å². The lowest BCUT2D eigenvalue weighted by atomic mass is 10.1. The molecule has 1 aromatic heterocycles. The molecule has 1 aliphatic rings. The Balaban J connectivity index is 1.88. The second kappa shape index (κ2) is 5.28. The van der Waals surface area contributed by atoms with Crippen LogP contribution >= 0.6 is 11.3 Å². The fourth-order valence-corrected chi connectivity index (χ4v) is 2.37. The van der Waals surface area contributed by atoms with Crippen molar-refractivity contribution in [3.63, 3.8) is 0 Å². The van der Waals surface area contributed by atoms with E-state index in [9.17, 15) is 4.79 Å². The number of hydrogen-bond acceptors (Lipinski definition) is 4. The number of thiophene rings is 1. The van der Waals surface area contributed by atoms with Gasteiger partial charge < -0.3 is 14.8 Å². The highest BCUT2D eigenvalue weighted by Gasteiger charge is 2.34. The molecule has 0 unspecified atom stereocenters.